The van der Waals surface area contributed by atoms with Gasteiger partial charge in [-0.15, -0.1) is 0 Å². The number of carbonyl (C=O) groups is 1. The number of aryl methyl sites for hydroxylation is 1. The first-order valence-corrected chi connectivity index (χ1v) is 8.81. The summed E-state index contributed by atoms with van der Waals surface area (Å²) in [6.07, 6.45) is 1.62. The number of carbonyl (C=O) groups excluding carboxylic acids is 1. The molecule has 4 rings (SSSR count). The van der Waals surface area contributed by atoms with E-state index in [0.29, 0.717) is 23.0 Å². The van der Waals surface area contributed by atoms with Crippen LogP contribution < -0.4 is 11.0 Å². The van der Waals surface area contributed by atoms with Gasteiger partial charge in [0.2, 0.25) is 0 Å². The summed E-state index contributed by atoms with van der Waals surface area (Å²) in [7, 11) is 0. The lowest BCUT2D eigenvalue weighted by molar-refractivity contribution is 0.0955. The number of fused-ring (bicyclic) bond motifs is 2. The first kappa shape index (κ1) is 17.8. The molecule has 3 aromatic rings. The second kappa shape index (κ2) is 6.88. The van der Waals surface area contributed by atoms with Gasteiger partial charge in [0.05, 0.1) is 16.6 Å². The number of benzene rings is 2. The van der Waals surface area contributed by atoms with Gasteiger partial charge in [0, 0.05) is 24.1 Å². The van der Waals surface area contributed by atoms with Crippen molar-refractivity contribution in [1.29, 1.82) is 0 Å². The summed E-state index contributed by atoms with van der Waals surface area (Å²) in [5.41, 5.74) is 3.48. The maximum atomic E-state index is 13.4. The Balaban J connectivity index is 1.61. The first-order valence-electron chi connectivity index (χ1n) is 8.81. The van der Waals surface area contributed by atoms with Crippen LogP contribution in [-0.4, -0.2) is 26.3 Å². The van der Waals surface area contributed by atoms with Gasteiger partial charge in [-0.3, -0.25) is 14.2 Å². The fourth-order valence-electron chi connectivity index (χ4n) is 3.28. The van der Waals surface area contributed by atoms with Gasteiger partial charge in [0.1, 0.15) is 17.4 Å². The van der Waals surface area contributed by atoms with Crippen molar-refractivity contribution in [2.24, 2.45) is 5.10 Å². The summed E-state index contributed by atoms with van der Waals surface area (Å²) in [4.78, 5) is 29.4. The van der Waals surface area contributed by atoms with Crippen molar-refractivity contribution >= 4 is 22.5 Å². The van der Waals surface area contributed by atoms with E-state index in [4.69, 9.17) is 0 Å². The van der Waals surface area contributed by atoms with Crippen LogP contribution in [0.5, 0.6) is 5.75 Å². The first-order chi connectivity index (χ1) is 13.4. The van der Waals surface area contributed by atoms with Crippen LogP contribution in [0.15, 0.2) is 46.3 Å². The predicted octanol–water partition coefficient (Wildman–Crippen LogP) is 2.34. The molecule has 8 heteroatoms. The summed E-state index contributed by atoms with van der Waals surface area (Å²) in [5, 5.41) is 14.2. The Morgan fingerprint density at radius 3 is 2.93 bits per heavy atom. The SMILES string of the molecule is C/C(=N\NC(=O)c1ccc2c(=O)n3c(nc2c1)CCC3)c1cc(F)ccc1O. The highest BCUT2D eigenvalue weighted by atomic mass is 19.1. The summed E-state index contributed by atoms with van der Waals surface area (Å²) < 4.78 is 15.0. The van der Waals surface area contributed by atoms with Crippen molar-refractivity contribution < 1.29 is 14.3 Å². The average molecular weight is 380 g/mol. The molecule has 1 aliphatic heterocycles. The van der Waals surface area contributed by atoms with Crippen molar-refractivity contribution in [3.8, 4) is 5.75 Å². The largest absolute Gasteiger partial charge is 0.507 e. The number of amides is 1. The van der Waals surface area contributed by atoms with Gasteiger partial charge in [0.25, 0.3) is 11.5 Å². The van der Waals surface area contributed by atoms with Crippen molar-refractivity contribution in [1.82, 2.24) is 15.0 Å². The van der Waals surface area contributed by atoms with Crippen molar-refractivity contribution in [3.63, 3.8) is 0 Å². The molecule has 1 aromatic heterocycles. The Bertz CT molecular complexity index is 1200. The number of nitrogens with one attached hydrogen (secondary N) is 1. The second-order valence-electron chi connectivity index (χ2n) is 6.62. The van der Waals surface area contributed by atoms with Gasteiger partial charge in [0.15, 0.2) is 0 Å². The zero-order chi connectivity index (χ0) is 19.8. The molecule has 1 amide bonds. The predicted molar refractivity (Wildman–Crippen MR) is 102 cm³/mol. The summed E-state index contributed by atoms with van der Waals surface area (Å²) in [5.74, 6) is -0.431. The molecule has 2 aromatic carbocycles. The number of halogens is 1. The Labute approximate surface area is 159 Å². The van der Waals surface area contributed by atoms with Crippen molar-refractivity contribution in [2.75, 3.05) is 0 Å². The number of phenols is 1. The molecule has 7 nitrogen and oxygen atoms in total. The Morgan fingerprint density at radius 1 is 1.29 bits per heavy atom. The molecule has 0 aliphatic carbocycles. The van der Waals surface area contributed by atoms with E-state index in [-0.39, 0.29) is 22.6 Å². The van der Waals surface area contributed by atoms with Crippen LogP contribution >= 0.6 is 0 Å². The molecule has 0 bridgehead atoms. The number of hydrogen-bond acceptors (Lipinski definition) is 5. The minimum absolute atomic E-state index is 0.0973. The van der Waals surface area contributed by atoms with Gasteiger partial charge >= 0.3 is 0 Å². The molecular weight excluding hydrogens is 363 g/mol. The van der Waals surface area contributed by atoms with Gasteiger partial charge < -0.3 is 5.11 Å². The van der Waals surface area contributed by atoms with E-state index >= 15 is 0 Å². The molecule has 2 heterocycles. The smallest absolute Gasteiger partial charge is 0.271 e. The number of rotatable bonds is 3. The molecule has 0 atom stereocenters. The summed E-state index contributed by atoms with van der Waals surface area (Å²) in [6.45, 7) is 2.21. The van der Waals surface area contributed by atoms with E-state index in [9.17, 15) is 19.1 Å². The third-order valence-electron chi connectivity index (χ3n) is 4.75. The van der Waals surface area contributed by atoms with Crippen LogP contribution in [0.1, 0.15) is 35.1 Å². The van der Waals surface area contributed by atoms with Crippen LogP contribution in [0.3, 0.4) is 0 Å². The maximum absolute atomic E-state index is 13.4. The van der Waals surface area contributed by atoms with Crippen molar-refractivity contribution in [2.45, 2.75) is 26.3 Å². The molecule has 0 unspecified atom stereocenters. The second-order valence-corrected chi connectivity index (χ2v) is 6.62. The highest BCUT2D eigenvalue weighted by molar-refractivity contribution is 6.03. The summed E-state index contributed by atoms with van der Waals surface area (Å²) >= 11 is 0. The van der Waals surface area contributed by atoms with Crippen LogP contribution in [0.4, 0.5) is 4.39 Å². The zero-order valence-electron chi connectivity index (χ0n) is 15.1. The zero-order valence-corrected chi connectivity index (χ0v) is 15.1. The van der Waals surface area contributed by atoms with Crippen LogP contribution in [0.25, 0.3) is 10.9 Å². The number of hydrazone groups is 1. The standard InChI is InChI=1S/C20H17FN4O3/c1-11(15-10-13(21)5-7-17(15)26)23-24-19(27)12-4-6-14-16(9-12)22-18-3-2-8-25(18)20(14)28/h4-7,9-10,26H,2-3,8H2,1H3,(H,24,27)/b23-11+. The van der Waals surface area contributed by atoms with E-state index in [0.717, 1.165) is 30.8 Å². The van der Waals surface area contributed by atoms with E-state index in [1.807, 2.05) is 0 Å². The van der Waals surface area contributed by atoms with Gasteiger partial charge in [-0.2, -0.15) is 5.10 Å². The van der Waals surface area contributed by atoms with Crippen LogP contribution in [0, 0.1) is 5.82 Å². The Kier molecular flexibility index (Phi) is 4.38. The molecular formula is C20H17FN4O3. The topological polar surface area (TPSA) is 96.6 Å². The fraction of sp³-hybridized carbons (Fsp3) is 0.200. The Morgan fingerprint density at radius 2 is 2.11 bits per heavy atom. The molecule has 0 saturated heterocycles. The lowest BCUT2D eigenvalue weighted by Crippen LogP contribution is -2.22. The third-order valence-corrected chi connectivity index (χ3v) is 4.75. The van der Waals surface area contributed by atoms with Crippen LogP contribution in [-0.2, 0) is 13.0 Å². The number of phenolic OH excluding ortho intramolecular Hbond substituents is 1. The highest BCUT2D eigenvalue weighted by Crippen LogP contribution is 2.19. The lowest BCUT2D eigenvalue weighted by atomic mass is 10.1. The number of aromatic nitrogens is 2. The molecule has 142 valence electrons. The quantitative estimate of drug-likeness (QED) is 0.538. The lowest BCUT2D eigenvalue weighted by Gasteiger charge is -2.07. The minimum atomic E-state index is -0.520. The van der Waals surface area contributed by atoms with E-state index in [1.165, 1.54) is 12.1 Å². The molecule has 0 saturated carbocycles. The molecule has 1 aliphatic rings. The monoisotopic (exact) mass is 380 g/mol. The number of aromatic hydroxyl groups is 1. The highest BCUT2D eigenvalue weighted by Gasteiger charge is 2.17. The Hall–Kier alpha value is -3.55. The average Bonchev–Trinajstić information content (AvgIpc) is 3.16. The number of hydrogen-bond donors (Lipinski definition) is 2. The maximum Gasteiger partial charge on any atom is 0.271 e. The van der Waals surface area contributed by atoms with E-state index in [1.54, 1.807) is 23.6 Å². The summed E-state index contributed by atoms with van der Waals surface area (Å²) in [6, 6.07) is 8.15. The van der Waals surface area contributed by atoms with E-state index < -0.39 is 11.7 Å². The third kappa shape index (κ3) is 3.13. The molecule has 0 fully saturated rings. The minimum Gasteiger partial charge on any atom is -0.507 e. The van der Waals surface area contributed by atoms with Gasteiger partial charge in [-0.1, -0.05) is 0 Å². The molecule has 2 N–H and O–H groups in total. The number of nitrogens with zero attached hydrogens (tertiary/aromatic N) is 3. The van der Waals surface area contributed by atoms with Crippen molar-refractivity contribution in [3.05, 3.63) is 69.5 Å². The van der Waals surface area contributed by atoms with E-state index in [2.05, 4.69) is 15.5 Å². The normalized spacial score (nSPS) is 13.6. The van der Waals surface area contributed by atoms with Gasteiger partial charge in [-0.25, -0.2) is 14.8 Å². The fourth-order valence-corrected chi connectivity index (χ4v) is 3.28. The molecule has 28 heavy (non-hydrogen) atoms. The molecule has 0 radical (unpaired) electrons. The molecule has 0 spiro atoms. The van der Waals surface area contributed by atoms with Gasteiger partial charge in [-0.05, 0) is 49.7 Å². The van der Waals surface area contributed by atoms with Crippen LogP contribution in [0.2, 0.25) is 0 Å².